The maximum Gasteiger partial charge on any atom is 0.374 e. The summed E-state index contributed by atoms with van der Waals surface area (Å²) in [7, 11) is 1.36. The Morgan fingerprint density at radius 3 is 2.70 bits per heavy atom. The molecule has 1 amide bonds. The molecule has 9 nitrogen and oxygen atoms in total. The number of piperidine rings is 1. The summed E-state index contributed by atoms with van der Waals surface area (Å²) in [5.74, 6) is -0.832. The van der Waals surface area contributed by atoms with Crippen LogP contribution in [-0.2, 0) is 25.6 Å². The normalized spacial score (nSPS) is 14.8. The third-order valence-electron chi connectivity index (χ3n) is 4.45. The van der Waals surface area contributed by atoms with Crippen molar-refractivity contribution >= 4 is 17.8 Å². The van der Waals surface area contributed by atoms with Crippen LogP contribution in [-0.4, -0.2) is 59.3 Å². The lowest BCUT2D eigenvalue weighted by Crippen LogP contribution is -2.42. The molecule has 3 heterocycles. The van der Waals surface area contributed by atoms with Gasteiger partial charge in [0.05, 0.1) is 19.6 Å². The predicted octanol–water partition coefficient (Wildman–Crippen LogP) is 1.09. The van der Waals surface area contributed by atoms with E-state index in [1.165, 1.54) is 13.2 Å². The molecule has 3 rings (SSSR count). The van der Waals surface area contributed by atoms with E-state index in [-0.39, 0.29) is 30.2 Å². The third kappa shape index (κ3) is 4.75. The Morgan fingerprint density at radius 2 is 2.04 bits per heavy atom. The Morgan fingerprint density at radius 1 is 1.26 bits per heavy atom. The van der Waals surface area contributed by atoms with Crippen LogP contribution in [0.5, 0.6) is 0 Å². The highest BCUT2D eigenvalue weighted by Crippen LogP contribution is 2.18. The lowest BCUT2D eigenvalue weighted by atomic mass is 9.97. The predicted molar refractivity (Wildman–Crippen MR) is 91.6 cm³/mol. The van der Waals surface area contributed by atoms with Gasteiger partial charge in [-0.3, -0.25) is 14.3 Å². The van der Waals surface area contributed by atoms with Gasteiger partial charge in [0.1, 0.15) is 5.76 Å². The number of hydrogen-bond donors (Lipinski definition) is 0. The van der Waals surface area contributed by atoms with Crippen molar-refractivity contribution in [2.24, 2.45) is 5.92 Å². The van der Waals surface area contributed by atoms with E-state index < -0.39 is 5.97 Å². The maximum atomic E-state index is 12.2. The number of ether oxygens (including phenoxy) is 2. The fourth-order valence-corrected chi connectivity index (χ4v) is 2.95. The first-order valence-corrected chi connectivity index (χ1v) is 8.65. The number of carbonyl (C=O) groups is 3. The van der Waals surface area contributed by atoms with Gasteiger partial charge < -0.3 is 18.8 Å². The number of hydrogen-bond acceptors (Lipinski definition) is 7. The summed E-state index contributed by atoms with van der Waals surface area (Å²) in [6.07, 6.45) is 4.52. The summed E-state index contributed by atoms with van der Waals surface area (Å²) in [6, 6.07) is 4.96. The Bertz CT molecular complexity index is 790. The molecular formula is C18H21N3O6. The molecule has 0 saturated carbocycles. The molecule has 1 saturated heterocycles. The Hall–Kier alpha value is -3.10. The molecule has 0 bridgehead atoms. The Labute approximate surface area is 155 Å². The van der Waals surface area contributed by atoms with E-state index in [9.17, 15) is 14.4 Å². The van der Waals surface area contributed by atoms with Gasteiger partial charge >= 0.3 is 11.9 Å². The van der Waals surface area contributed by atoms with Crippen LogP contribution >= 0.6 is 0 Å². The summed E-state index contributed by atoms with van der Waals surface area (Å²) < 4.78 is 16.9. The second-order valence-corrected chi connectivity index (χ2v) is 6.22. The number of aromatic nitrogens is 2. The van der Waals surface area contributed by atoms with Crippen molar-refractivity contribution in [3.63, 3.8) is 0 Å². The minimum absolute atomic E-state index is 0.0364. The smallest absolute Gasteiger partial charge is 0.374 e. The van der Waals surface area contributed by atoms with E-state index in [1.807, 2.05) is 0 Å². The summed E-state index contributed by atoms with van der Waals surface area (Å²) in [6.45, 7) is 0.904. The second-order valence-electron chi connectivity index (χ2n) is 6.22. The van der Waals surface area contributed by atoms with Crippen LogP contribution in [0.2, 0.25) is 0 Å². The highest BCUT2D eigenvalue weighted by atomic mass is 16.5. The summed E-state index contributed by atoms with van der Waals surface area (Å²) in [5.41, 5.74) is 0. The number of rotatable bonds is 6. The summed E-state index contributed by atoms with van der Waals surface area (Å²) in [4.78, 5) is 37.3. The van der Waals surface area contributed by atoms with Crippen molar-refractivity contribution in [2.75, 3.05) is 26.8 Å². The molecule has 0 atom stereocenters. The average molecular weight is 375 g/mol. The Balaban J connectivity index is 1.44. The number of amides is 1. The molecule has 0 unspecified atom stereocenters. The molecule has 144 valence electrons. The van der Waals surface area contributed by atoms with Crippen LogP contribution in [0.25, 0.3) is 0 Å². The first kappa shape index (κ1) is 18.7. The topological polar surface area (TPSA) is 104 Å². The van der Waals surface area contributed by atoms with Crippen LogP contribution in [0.3, 0.4) is 0 Å². The van der Waals surface area contributed by atoms with Gasteiger partial charge in [0.15, 0.2) is 6.61 Å². The molecule has 27 heavy (non-hydrogen) atoms. The van der Waals surface area contributed by atoms with E-state index in [0.717, 1.165) is 0 Å². The maximum absolute atomic E-state index is 12.2. The van der Waals surface area contributed by atoms with E-state index in [1.54, 1.807) is 34.1 Å². The highest BCUT2D eigenvalue weighted by molar-refractivity contribution is 5.89. The third-order valence-corrected chi connectivity index (χ3v) is 4.45. The quantitative estimate of drug-likeness (QED) is 0.696. The average Bonchev–Trinajstić information content (AvgIpc) is 3.38. The molecule has 0 aromatic carbocycles. The van der Waals surface area contributed by atoms with Crippen LogP contribution in [0, 0.1) is 5.92 Å². The molecule has 1 aliphatic heterocycles. The first-order valence-electron chi connectivity index (χ1n) is 8.65. The number of likely N-dealkylation sites (tertiary alicyclic amines) is 1. The second kappa shape index (κ2) is 8.52. The van der Waals surface area contributed by atoms with Gasteiger partial charge in [-0.2, -0.15) is 5.10 Å². The lowest BCUT2D eigenvalue weighted by Gasteiger charge is -2.30. The van der Waals surface area contributed by atoms with Gasteiger partial charge in [0.25, 0.3) is 5.91 Å². The molecule has 0 aliphatic carbocycles. The fourth-order valence-electron chi connectivity index (χ4n) is 2.95. The molecule has 0 N–H and O–H groups in total. The fraction of sp³-hybridized carbons (Fsp3) is 0.444. The van der Waals surface area contributed by atoms with Crippen LogP contribution < -0.4 is 0 Å². The first-order chi connectivity index (χ1) is 13.1. The van der Waals surface area contributed by atoms with Gasteiger partial charge in [0.2, 0.25) is 5.76 Å². The van der Waals surface area contributed by atoms with Crippen molar-refractivity contribution < 1.29 is 28.3 Å². The van der Waals surface area contributed by atoms with Crippen molar-refractivity contribution in [1.82, 2.24) is 14.7 Å². The minimum atomic E-state index is -0.695. The zero-order valence-corrected chi connectivity index (χ0v) is 15.0. The largest absolute Gasteiger partial charge is 0.469 e. The van der Waals surface area contributed by atoms with E-state index in [0.29, 0.717) is 38.2 Å². The summed E-state index contributed by atoms with van der Waals surface area (Å²) in [5, 5.41) is 4.06. The van der Waals surface area contributed by atoms with E-state index >= 15 is 0 Å². The Kier molecular flexibility index (Phi) is 5.90. The number of nitrogens with zero attached hydrogens (tertiary/aromatic N) is 3. The number of methoxy groups -OCH3 is 1. The van der Waals surface area contributed by atoms with Gasteiger partial charge in [0, 0.05) is 25.5 Å². The molecular weight excluding hydrogens is 354 g/mol. The van der Waals surface area contributed by atoms with Gasteiger partial charge in [-0.05, 0) is 31.0 Å². The molecule has 0 spiro atoms. The van der Waals surface area contributed by atoms with Crippen molar-refractivity contribution in [2.45, 2.75) is 19.4 Å². The van der Waals surface area contributed by atoms with E-state index in [4.69, 9.17) is 13.9 Å². The SMILES string of the molecule is COC(=O)C1CCN(C(=O)COC(=O)c2ccc(Cn3cccn3)o2)CC1. The zero-order valence-electron chi connectivity index (χ0n) is 15.0. The molecule has 2 aromatic heterocycles. The van der Waals surface area contributed by atoms with Crippen molar-refractivity contribution in [1.29, 1.82) is 0 Å². The van der Waals surface area contributed by atoms with Gasteiger partial charge in [-0.15, -0.1) is 0 Å². The minimum Gasteiger partial charge on any atom is -0.469 e. The number of furan rings is 1. The summed E-state index contributed by atoms with van der Waals surface area (Å²) >= 11 is 0. The molecule has 1 fully saturated rings. The molecule has 9 heteroatoms. The molecule has 1 aliphatic rings. The lowest BCUT2D eigenvalue weighted by molar-refractivity contribution is -0.149. The van der Waals surface area contributed by atoms with Crippen LogP contribution in [0.1, 0.15) is 29.2 Å². The number of carbonyl (C=O) groups excluding carboxylic acids is 3. The van der Waals surface area contributed by atoms with Crippen molar-refractivity contribution in [3.05, 3.63) is 42.1 Å². The highest BCUT2D eigenvalue weighted by Gasteiger charge is 2.28. The van der Waals surface area contributed by atoms with E-state index in [2.05, 4.69) is 5.10 Å². The molecule has 2 aromatic rings. The van der Waals surface area contributed by atoms with Crippen LogP contribution in [0.15, 0.2) is 35.0 Å². The number of esters is 2. The van der Waals surface area contributed by atoms with Gasteiger partial charge in [-0.25, -0.2) is 4.79 Å². The molecule has 0 radical (unpaired) electrons. The van der Waals surface area contributed by atoms with Crippen molar-refractivity contribution in [3.8, 4) is 0 Å². The standard InChI is InChI=1S/C18H21N3O6/c1-25-17(23)13-5-9-20(10-6-13)16(22)12-26-18(24)15-4-3-14(27-15)11-21-8-2-7-19-21/h2-4,7-8,13H,5-6,9-12H2,1H3. The van der Waals surface area contributed by atoms with Gasteiger partial charge in [-0.1, -0.05) is 0 Å². The monoisotopic (exact) mass is 375 g/mol. The zero-order chi connectivity index (χ0) is 19.2. The van der Waals surface area contributed by atoms with Crippen LogP contribution in [0.4, 0.5) is 0 Å².